The predicted molar refractivity (Wildman–Crippen MR) is 94.1 cm³/mol. The van der Waals surface area contributed by atoms with Crippen molar-refractivity contribution in [3.8, 4) is 0 Å². The van der Waals surface area contributed by atoms with Gasteiger partial charge >= 0.3 is 5.97 Å². The summed E-state index contributed by atoms with van der Waals surface area (Å²) in [6.07, 6.45) is 2.99. The Kier molecular flexibility index (Phi) is 4.82. The molecule has 26 heavy (non-hydrogen) atoms. The molecule has 1 heterocycles. The number of benzene rings is 1. The second kappa shape index (κ2) is 6.65. The fraction of sp³-hybridized carbons (Fsp3) is 0.600. The second-order valence-electron chi connectivity index (χ2n) is 8.43. The average molecular weight is 363 g/mol. The monoisotopic (exact) mass is 363 g/mol. The molecule has 1 aromatic carbocycles. The van der Waals surface area contributed by atoms with Crippen LogP contribution in [-0.4, -0.2) is 40.3 Å². The van der Waals surface area contributed by atoms with Crippen molar-refractivity contribution in [2.75, 3.05) is 6.61 Å². The third-order valence-corrected chi connectivity index (χ3v) is 5.85. The van der Waals surface area contributed by atoms with Crippen molar-refractivity contribution < 1.29 is 23.8 Å². The topological polar surface area (TPSA) is 66.8 Å². The number of carboxylic acids is 1. The standard InChI is InChI=1S/C20H26FNO4/c1-19(2,3)14-8-10-20(11-9-14)22(16(12-26-20)18(24)25)17(23)13-4-6-15(21)7-5-13/h4-7,14,16H,8-12H2,1-3H3,(H,24,25). The van der Waals surface area contributed by atoms with Crippen molar-refractivity contribution in [3.05, 3.63) is 35.6 Å². The maximum absolute atomic E-state index is 13.2. The summed E-state index contributed by atoms with van der Waals surface area (Å²) in [5, 5.41) is 9.58. The van der Waals surface area contributed by atoms with Crippen molar-refractivity contribution in [3.63, 3.8) is 0 Å². The van der Waals surface area contributed by atoms with Gasteiger partial charge in [0.1, 0.15) is 11.5 Å². The van der Waals surface area contributed by atoms with E-state index in [1.165, 1.54) is 29.2 Å². The Labute approximate surface area is 153 Å². The highest BCUT2D eigenvalue weighted by atomic mass is 19.1. The Balaban J connectivity index is 1.89. The molecule has 1 spiro atoms. The summed E-state index contributed by atoms with van der Waals surface area (Å²) < 4.78 is 19.1. The molecule has 0 bridgehead atoms. The maximum atomic E-state index is 13.2. The third-order valence-electron chi connectivity index (χ3n) is 5.85. The molecule has 1 aliphatic carbocycles. The van der Waals surface area contributed by atoms with Gasteiger partial charge in [-0.15, -0.1) is 0 Å². The molecule has 1 aliphatic heterocycles. The van der Waals surface area contributed by atoms with Crippen LogP contribution in [0.1, 0.15) is 56.8 Å². The van der Waals surface area contributed by atoms with Crippen molar-refractivity contribution >= 4 is 11.9 Å². The molecule has 1 unspecified atom stereocenters. The molecule has 1 amide bonds. The highest BCUT2D eigenvalue weighted by molar-refractivity contribution is 5.97. The molecular weight excluding hydrogens is 337 g/mol. The summed E-state index contributed by atoms with van der Waals surface area (Å²) in [5.74, 6) is -1.42. The number of hydrogen-bond acceptors (Lipinski definition) is 3. The number of rotatable bonds is 2. The molecule has 3 rings (SSSR count). The Morgan fingerprint density at radius 1 is 1.19 bits per heavy atom. The number of ether oxygens (including phenoxy) is 1. The fourth-order valence-corrected chi connectivity index (χ4v) is 4.22. The summed E-state index contributed by atoms with van der Waals surface area (Å²) in [4.78, 5) is 26.2. The molecule has 1 N–H and O–H groups in total. The van der Waals surface area contributed by atoms with E-state index in [9.17, 15) is 19.1 Å². The van der Waals surface area contributed by atoms with Gasteiger partial charge in [-0.1, -0.05) is 20.8 Å². The predicted octanol–water partition coefficient (Wildman–Crippen LogP) is 3.68. The molecule has 0 aromatic heterocycles. The number of hydrogen-bond donors (Lipinski definition) is 1. The Morgan fingerprint density at radius 3 is 2.27 bits per heavy atom. The minimum absolute atomic E-state index is 0.0115. The van der Waals surface area contributed by atoms with E-state index in [0.717, 1.165) is 12.8 Å². The summed E-state index contributed by atoms with van der Waals surface area (Å²) in [6, 6.07) is 4.19. The smallest absolute Gasteiger partial charge is 0.328 e. The first-order valence-corrected chi connectivity index (χ1v) is 9.10. The first-order valence-electron chi connectivity index (χ1n) is 9.10. The summed E-state index contributed by atoms with van der Waals surface area (Å²) in [7, 11) is 0. The molecule has 1 aromatic rings. The van der Waals surface area contributed by atoms with Gasteiger partial charge in [-0.25, -0.2) is 9.18 Å². The quantitative estimate of drug-likeness (QED) is 0.870. The molecule has 1 saturated heterocycles. The van der Waals surface area contributed by atoms with Crippen LogP contribution in [0.25, 0.3) is 0 Å². The number of aliphatic carboxylic acids is 1. The van der Waals surface area contributed by atoms with Crippen LogP contribution in [-0.2, 0) is 9.53 Å². The summed E-state index contributed by atoms with van der Waals surface area (Å²) >= 11 is 0. The van der Waals surface area contributed by atoms with Crippen LogP contribution in [0, 0.1) is 17.2 Å². The Morgan fingerprint density at radius 2 is 1.77 bits per heavy atom. The number of nitrogens with zero attached hydrogens (tertiary/aromatic N) is 1. The van der Waals surface area contributed by atoms with Crippen LogP contribution < -0.4 is 0 Å². The zero-order valence-electron chi connectivity index (χ0n) is 15.5. The van der Waals surface area contributed by atoms with Crippen LogP contribution in [0.15, 0.2) is 24.3 Å². The fourth-order valence-electron chi connectivity index (χ4n) is 4.22. The van der Waals surface area contributed by atoms with Gasteiger partial charge in [-0.3, -0.25) is 9.69 Å². The highest BCUT2D eigenvalue weighted by Crippen LogP contribution is 2.47. The van der Waals surface area contributed by atoms with Crippen LogP contribution in [0.5, 0.6) is 0 Å². The Hall–Kier alpha value is -1.95. The number of halogens is 1. The van der Waals surface area contributed by atoms with E-state index < -0.39 is 29.5 Å². The minimum atomic E-state index is -1.07. The zero-order chi connectivity index (χ0) is 19.1. The lowest BCUT2D eigenvalue weighted by molar-refractivity contribution is -0.144. The van der Waals surface area contributed by atoms with E-state index in [-0.39, 0.29) is 17.6 Å². The molecule has 142 valence electrons. The molecule has 0 radical (unpaired) electrons. The molecule has 5 nitrogen and oxygen atoms in total. The van der Waals surface area contributed by atoms with Crippen LogP contribution in [0.2, 0.25) is 0 Å². The second-order valence-corrected chi connectivity index (χ2v) is 8.43. The molecule has 1 saturated carbocycles. The van der Waals surface area contributed by atoms with E-state index in [2.05, 4.69) is 20.8 Å². The van der Waals surface area contributed by atoms with Gasteiger partial charge in [0.25, 0.3) is 5.91 Å². The minimum Gasteiger partial charge on any atom is -0.480 e. The van der Waals surface area contributed by atoms with E-state index in [0.29, 0.717) is 18.8 Å². The van der Waals surface area contributed by atoms with Gasteiger partial charge in [0.15, 0.2) is 6.04 Å². The van der Waals surface area contributed by atoms with Crippen LogP contribution in [0.4, 0.5) is 4.39 Å². The van der Waals surface area contributed by atoms with Gasteiger partial charge < -0.3 is 9.84 Å². The van der Waals surface area contributed by atoms with E-state index in [1.54, 1.807) is 0 Å². The van der Waals surface area contributed by atoms with E-state index in [1.807, 2.05) is 0 Å². The van der Waals surface area contributed by atoms with Crippen molar-refractivity contribution in [1.82, 2.24) is 4.90 Å². The lowest BCUT2D eigenvalue weighted by Crippen LogP contribution is -2.55. The molecule has 2 fully saturated rings. The van der Waals surface area contributed by atoms with Gasteiger partial charge in [0.05, 0.1) is 6.61 Å². The van der Waals surface area contributed by atoms with Gasteiger partial charge in [-0.2, -0.15) is 0 Å². The summed E-state index contributed by atoms with van der Waals surface area (Å²) in [6.45, 7) is 6.59. The Bertz CT molecular complexity index is 687. The molecule has 6 heteroatoms. The highest BCUT2D eigenvalue weighted by Gasteiger charge is 2.54. The number of carbonyl (C=O) groups excluding carboxylic acids is 1. The summed E-state index contributed by atoms with van der Waals surface area (Å²) in [5.41, 5.74) is -0.436. The molecular formula is C20H26FNO4. The van der Waals surface area contributed by atoms with Crippen LogP contribution >= 0.6 is 0 Å². The van der Waals surface area contributed by atoms with Crippen molar-refractivity contribution in [1.29, 1.82) is 0 Å². The van der Waals surface area contributed by atoms with Crippen LogP contribution in [0.3, 0.4) is 0 Å². The maximum Gasteiger partial charge on any atom is 0.328 e. The lowest BCUT2D eigenvalue weighted by Gasteiger charge is -2.46. The number of carboxylic acid groups (broad SMARTS) is 1. The lowest BCUT2D eigenvalue weighted by atomic mass is 9.70. The van der Waals surface area contributed by atoms with Gasteiger partial charge in [0.2, 0.25) is 0 Å². The van der Waals surface area contributed by atoms with E-state index >= 15 is 0 Å². The first kappa shape index (κ1) is 18.8. The number of amides is 1. The van der Waals surface area contributed by atoms with Crippen molar-refractivity contribution in [2.24, 2.45) is 11.3 Å². The zero-order valence-corrected chi connectivity index (χ0v) is 15.5. The average Bonchev–Trinajstić information content (AvgIpc) is 2.93. The van der Waals surface area contributed by atoms with E-state index in [4.69, 9.17) is 4.74 Å². The SMILES string of the molecule is CC(C)(C)C1CCC2(CC1)OCC(C(=O)O)N2C(=O)c1ccc(F)cc1. The molecule has 1 atom stereocenters. The first-order chi connectivity index (χ1) is 12.1. The number of carbonyl (C=O) groups is 2. The van der Waals surface area contributed by atoms with Crippen molar-refractivity contribution in [2.45, 2.75) is 58.2 Å². The third kappa shape index (κ3) is 3.34. The van der Waals surface area contributed by atoms with Gasteiger partial charge in [0, 0.05) is 5.56 Å². The largest absolute Gasteiger partial charge is 0.480 e. The molecule has 2 aliphatic rings. The van der Waals surface area contributed by atoms with Gasteiger partial charge in [-0.05, 0) is 61.3 Å². The normalized spacial score (nSPS) is 29.2.